The predicted molar refractivity (Wildman–Crippen MR) is 126 cm³/mol. The van der Waals surface area contributed by atoms with Gasteiger partial charge in [-0.15, -0.1) is 11.3 Å². The maximum absolute atomic E-state index is 12.3. The van der Waals surface area contributed by atoms with E-state index in [1.165, 1.54) is 22.4 Å². The fraction of sp³-hybridized carbons (Fsp3) is 0.577. The smallest absolute Gasteiger partial charge is 0.311 e. The molecule has 0 spiro atoms. The van der Waals surface area contributed by atoms with E-state index in [1.54, 1.807) is 0 Å². The molecule has 30 heavy (non-hydrogen) atoms. The molecule has 1 aromatic carbocycles. The highest BCUT2D eigenvalue weighted by atomic mass is 32.1. The van der Waals surface area contributed by atoms with E-state index in [0.717, 1.165) is 57.4 Å². The van der Waals surface area contributed by atoms with E-state index >= 15 is 0 Å². The van der Waals surface area contributed by atoms with Gasteiger partial charge in [0.15, 0.2) is 0 Å². The van der Waals surface area contributed by atoms with Gasteiger partial charge in [0.05, 0.1) is 0 Å². The SMILES string of the molecule is CCCN(CCc1cccs1)C1CCc2c(cccc2OC(=O)CCCC(C)C)C1. The van der Waals surface area contributed by atoms with Gasteiger partial charge in [0.2, 0.25) is 0 Å². The van der Waals surface area contributed by atoms with E-state index in [2.05, 4.69) is 49.3 Å². The van der Waals surface area contributed by atoms with Gasteiger partial charge < -0.3 is 4.74 Å². The maximum Gasteiger partial charge on any atom is 0.311 e. The Labute approximate surface area is 186 Å². The molecule has 2 aromatic rings. The van der Waals surface area contributed by atoms with Crippen molar-refractivity contribution >= 4 is 17.3 Å². The Kier molecular flexibility index (Phi) is 8.95. The third-order valence-electron chi connectivity index (χ3n) is 6.05. The van der Waals surface area contributed by atoms with Gasteiger partial charge in [-0.25, -0.2) is 0 Å². The standard InChI is InChI=1S/C26H37NO2S/c1-4-16-27(17-15-23-10-7-18-30-23)22-13-14-24-21(19-22)9-6-11-25(24)29-26(28)12-5-8-20(2)3/h6-7,9-11,18,20,22H,4-5,8,12-17,19H2,1-3H3. The molecule has 164 valence electrons. The van der Waals surface area contributed by atoms with Crippen molar-refractivity contribution < 1.29 is 9.53 Å². The Hall–Kier alpha value is -1.65. The van der Waals surface area contributed by atoms with Crippen molar-refractivity contribution in [3.8, 4) is 5.75 Å². The lowest BCUT2D eigenvalue weighted by Gasteiger charge is -2.35. The summed E-state index contributed by atoms with van der Waals surface area (Å²) in [5.41, 5.74) is 2.61. The molecule has 4 heteroatoms. The number of carbonyl (C=O) groups is 1. The lowest BCUT2D eigenvalue weighted by molar-refractivity contribution is -0.134. The van der Waals surface area contributed by atoms with Crippen LogP contribution in [-0.4, -0.2) is 30.0 Å². The number of nitrogens with zero attached hydrogens (tertiary/aromatic N) is 1. The minimum atomic E-state index is -0.0882. The van der Waals surface area contributed by atoms with E-state index in [1.807, 2.05) is 23.5 Å². The maximum atomic E-state index is 12.3. The molecule has 3 nitrogen and oxygen atoms in total. The first-order chi connectivity index (χ1) is 14.6. The molecule has 1 aliphatic carbocycles. The van der Waals surface area contributed by atoms with Crippen molar-refractivity contribution in [3.63, 3.8) is 0 Å². The van der Waals surface area contributed by atoms with Crippen molar-refractivity contribution in [1.82, 2.24) is 4.90 Å². The third-order valence-corrected chi connectivity index (χ3v) is 6.99. The molecule has 1 aromatic heterocycles. The lowest BCUT2D eigenvalue weighted by atomic mass is 9.86. The summed E-state index contributed by atoms with van der Waals surface area (Å²) in [4.78, 5) is 16.5. The number of carbonyl (C=O) groups excluding carboxylic acids is 1. The molecule has 1 unspecified atom stereocenters. The van der Waals surface area contributed by atoms with E-state index in [-0.39, 0.29) is 5.97 Å². The Bertz CT molecular complexity index is 784. The Morgan fingerprint density at radius 1 is 1.23 bits per heavy atom. The van der Waals surface area contributed by atoms with Crippen LogP contribution < -0.4 is 4.74 Å². The van der Waals surface area contributed by atoms with Gasteiger partial charge in [-0.3, -0.25) is 9.69 Å². The number of rotatable bonds is 11. The minimum Gasteiger partial charge on any atom is -0.426 e. The largest absolute Gasteiger partial charge is 0.426 e. The first kappa shape index (κ1) is 23.0. The zero-order valence-corrected chi connectivity index (χ0v) is 19.7. The minimum absolute atomic E-state index is 0.0882. The number of thiophene rings is 1. The van der Waals surface area contributed by atoms with E-state index in [9.17, 15) is 4.79 Å². The highest BCUT2D eigenvalue weighted by Crippen LogP contribution is 2.32. The second kappa shape index (κ2) is 11.7. The lowest BCUT2D eigenvalue weighted by Crippen LogP contribution is -2.41. The predicted octanol–water partition coefficient (Wildman–Crippen LogP) is 6.29. The van der Waals surface area contributed by atoms with Crippen LogP contribution in [0.3, 0.4) is 0 Å². The molecular formula is C26H37NO2S. The van der Waals surface area contributed by atoms with E-state index < -0.39 is 0 Å². The van der Waals surface area contributed by atoms with E-state index in [4.69, 9.17) is 4.74 Å². The van der Waals surface area contributed by atoms with Crippen molar-refractivity contribution in [2.45, 2.75) is 78.2 Å². The Morgan fingerprint density at radius 2 is 2.10 bits per heavy atom. The molecule has 1 heterocycles. The summed E-state index contributed by atoms with van der Waals surface area (Å²) in [6, 6.07) is 11.2. The third kappa shape index (κ3) is 6.68. The number of benzene rings is 1. The summed E-state index contributed by atoms with van der Waals surface area (Å²) in [6.45, 7) is 8.93. The van der Waals surface area contributed by atoms with Crippen molar-refractivity contribution in [1.29, 1.82) is 0 Å². The highest BCUT2D eigenvalue weighted by Gasteiger charge is 2.26. The summed E-state index contributed by atoms with van der Waals surface area (Å²) in [7, 11) is 0. The van der Waals surface area contributed by atoms with Crippen LogP contribution in [0.1, 0.15) is 68.9 Å². The van der Waals surface area contributed by atoms with E-state index in [0.29, 0.717) is 18.4 Å². The van der Waals surface area contributed by atoms with Gasteiger partial charge in [0.1, 0.15) is 5.75 Å². The number of fused-ring (bicyclic) bond motifs is 1. The second-order valence-corrected chi connectivity index (χ2v) is 9.95. The molecule has 3 rings (SSSR count). The monoisotopic (exact) mass is 427 g/mol. The van der Waals surface area contributed by atoms with Crippen LogP contribution in [0.2, 0.25) is 0 Å². The summed E-state index contributed by atoms with van der Waals surface area (Å²) in [5, 5.41) is 2.17. The van der Waals surface area contributed by atoms with Crippen LogP contribution in [-0.2, 0) is 24.1 Å². The Balaban J connectivity index is 1.60. The van der Waals surface area contributed by atoms with Crippen LogP contribution >= 0.6 is 11.3 Å². The van der Waals surface area contributed by atoms with Gasteiger partial charge in [-0.05, 0) is 79.6 Å². The zero-order valence-electron chi connectivity index (χ0n) is 18.9. The molecule has 0 aliphatic heterocycles. The molecular weight excluding hydrogens is 390 g/mol. The summed E-state index contributed by atoms with van der Waals surface area (Å²) < 4.78 is 5.78. The molecule has 0 N–H and O–H groups in total. The van der Waals surface area contributed by atoms with Crippen LogP contribution in [0.15, 0.2) is 35.7 Å². The number of hydrogen-bond donors (Lipinski definition) is 0. The molecule has 0 saturated carbocycles. The van der Waals surface area contributed by atoms with Crippen molar-refractivity contribution in [2.24, 2.45) is 5.92 Å². The molecule has 0 fully saturated rings. The fourth-order valence-corrected chi connectivity index (χ4v) is 5.16. The average Bonchev–Trinajstić information content (AvgIpc) is 3.24. The van der Waals surface area contributed by atoms with Gasteiger partial charge in [-0.1, -0.05) is 45.4 Å². The highest BCUT2D eigenvalue weighted by molar-refractivity contribution is 7.09. The molecule has 0 amide bonds. The van der Waals surface area contributed by atoms with Gasteiger partial charge in [-0.2, -0.15) is 0 Å². The van der Waals surface area contributed by atoms with Crippen LogP contribution in [0.5, 0.6) is 5.75 Å². The van der Waals surface area contributed by atoms with Gasteiger partial charge in [0, 0.05) is 23.9 Å². The first-order valence-corrected chi connectivity index (χ1v) is 12.5. The Morgan fingerprint density at radius 3 is 2.83 bits per heavy atom. The van der Waals surface area contributed by atoms with Gasteiger partial charge in [0.25, 0.3) is 0 Å². The zero-order chi connectivity index (χ0) is 21.3. The van der Waals surface area contributed by atoms with Gasteiger partial charge >= 0.3 is 5.97 Å². The quantitative estimate of drug-likeness (QED) is 0.312. The van der Waals surface area contributed by atoms with Crippen LogP contribution in [0.25, 0.3) is 0 Å². The molecule has 0 saturated heterocycles. The molecule has 0 bridgehead atoms. The molecule has 0 radical (unpaired) electrons. The summed E-state index contributed by atoms with van der Waals surface area (Å²) in [6.07, 6.45) is 7.99. The average molecular weight is 428 g/mol. The second-order valence-electron chi connectivity index (χ2n) is 8.92. The van der Waals surface area contributed by atoms with Crippen molar-refractivity contribution in [2.75, 3.05) is 13.1 Å². The number of esters is 1. The number of ether oxygens (including phenoxy) is 1. The fourth-order valence-electron chi connectivity index (χ4n) is 4.46. The molecule has 1 atom stereocenters. The topological polar surface area (TPSA) is 29.5 Å². The van der Waals surface area contributed by atoms with Crippen molar-refractivity contribution in [3.05, 3.63) is 51.7 Å². The van der Waals surface area contributed by atoms with Crippen LogP contribution in [0, 0.1) is 5.92 Å². The van der Waals surface area contributed by atoms with Crippen LogP contribution in [0.4, 0.5) is 0 Å². The summed E-state index contributed by atoms with van der Waals surface area (Å²) >= 11 is 1.86. The molecule has 1 aliphatic rings. The first-order valence-electron chi connectivity index (χ1n) is 11.6. The normalized spacial score (nSPS) is 16.1. The number of hydrogen-bond acceptors (Lipinski definition) is 4. The summed E-state index contributed by atoms with van der Waals surface area (Å²) in [5.74, 6) is 1.33.